The Morgan fingerprint density at radius 1 is 0.943 bits per heavy atom. The van der Waals surface area contributed by atoms with Crippen molar-refractivity contribution in [3.8, 4) is 0 Å². The molecule has 0 spiro atoms. The van der Waals surface area contributed by atoms with E-state index in [0.717, 1.165) is 28.9 Å². The Morgan fingerprint density at radius 3 is 2.26 bits per heavy atom. The second-order valence-electron chi connectivity index (χ2n) is 12.0. The zero-order chi connectivity index (χ0) is 25.9. The summed E-state index contributed by atoms with van der Waals surface area (Å²) in [5.74, 6) is 1.60. The van der Waals surface area contributed by atoms with Crippen LogP contribution in [0.3, 0.4) is 0 Å². The summed E-state index contributed by atoms with van der Waals surface area (Å²) in [6, 6.07) is 11.6. The van der Waals surface area contributed by atoms with Crippen molar-refractivity contribution in [3.05, 3.63) is 52.8 Å². The number of nitrogens with zero attached hydrogens (tertiary/aromatic N) is 3. The number of rotatable bonds is 1. The van der Waals surface area contributed by atoms with Gasteiger partial charge in [0.15, 0.2) is 0 Å². The highest BCUT2D eigenvalue weighted by Crippen LogP contribution is 2.55. The van der Waals surface area contributed by atoms with Gasteiger partial charge < -0.3 is 0 Å². The third kappa shape index (κ3) is 3.69. The topological polar surface area (TPSA) is 30.2 Å². The summed E-state index contributed by atoms with van der Waals surface area (Å²) in [4.78, 5) is 10.6. The summed E-state index contributed by atoms with van der Waals surface area (Å²) >= 11 is 0. The maximum atomic E-state index is 5.29. The van der Waals surface area contributed by atoms with Crippen LogP contribution in [0.25, 0.3) is 27.6 Å². The van der Waals surface area contributed by atoms with Gasteiger partial charge in [-0.1, -0.05) is 88.3 Å². The first-order chi connectivity index (χ1) is 16.5. The number of fused-ring (bicyclic) bond motifs is 1. The van der Waals surface area contributed by atoms with Crippen LogP contribution in [0.1, 0.15) is 124 Å². The minimum absolute atomic E-state index is 0.0799. The monoisotopic (exact) mass is 471 g/mol. The highest BCUT2D eigenvalue weighted by molar-refractivity contribution is 5.99. The van der Waals surface area contributed by atoms with Crippen LogP contribution in [-0.4, -0.2) is 14.4 Å². The molecule has 2 aliphatic rings. The zero-order valence-electron chi connectivity index (χ0n) is 23.9. The molecule has 0 saturated heterocycles. The van der Waals surface area contributed by atoms with Crippen molar-refractivity contribution in [2.45, 2.75) is 118 Å². The maximum Gasteiger partial charge on any atom is 0.149 e. The Kier molecular flexibility index (Phi) is 6.31. The van der Waals surface area contributed by atoms with E-state index in [1.165, 1.54) is 40.4 Å². The molecule has 35 heavy (non-hydrogen) atoms. The van der Waals surface area contributed by atoms with Crippen molar-refractivity contribution in [1.29, 1.82) is 0 Å². The predicted octanol–water partition coefficient (Wildman–Crippen LogP) is 9.22. The third-order valence-electron chi connectivity index (χ3n) is 8.04. The van der Waals surface area contributed by atoms with Gasteiger partial charge in [0.2, 0.25) is 0 Å². The number of aromatic nitrogens is 3. The fourth-order valence-electron chi connectivity index (χ4n) is 6.83. The fraction of sp³-hybridized carbons (Fsp3) is 0.562. The molecule has 3 nitrogen and oxygen atoms in total. The van der Waals surface area contributed by atoms with Crippen LogP contribution in [0.15, 0.2) is 30.3 Å². The van der Waals surface area contributed by atoms with Crippen LogP contribution >= 0.6 is 0 Å². The van der Waals surface area contributed by atoms with Crippen molar-refractivity contribution in [2.75, 3.05) is 0 Å². The van der Waals surface area contributed by atoms with E-state index in [0.29, 0.717) is 5.92 Å². The molecule has 6 rings (SSSR count). The van der Waals surface area contributed by atoms with Gasteiger partial charge in [0.1, 0.15) is 11.5 Å². The second kappa shape index (κ2) is 8.61. The maximum absolute atomic E-state index is 5.29. The Bertz CT molecular complexity index is 1400. The molecule has 0 radical (unpaired) electrons. The number of hydrogen-bond acceptors (Lipinski definition) is 2. The van der Waals surface area contributed by atoms with Gasteiger partial charge in [0, 0.05) is 10.8 Å². The molecule has 2 unspecified atom stereocenters. The Hall–Kier alpha value is -2.42. The van der Waals surface area contributed by atoms with Crippen LogP contribution in [-0.2, 0) is 16.2 Å². The van der Waals surface area contributed by atoms with Crippen LogP contribution < -0.4 is 0 Å². The molecule has 188 valence electrons. The van der Waals surface area contributed by atoms with Crippen LogP contribution in [0.4, 0.5) is 0 Å². The largest absolute Gasteiger partial charge is 0.279 e. The smallest absolute Gasteiger partial charge is 0.149 e. The first-order valence-corrected chi connectivity index (χ1v) is 13.8. The zero-order valence-corrected chi connectivity index (χ0v) is 23.9. The first-order valence-electron chi connectivity index (χ1n) is 13.8. The first kappa shape index (κ1) is 25.7. The summed E-state index contributed by atoms with van der Waals surface area (Å²) in [6.07, 6.45) is 3.51. The van der Waals surface area contributed by atoms with Gasteiger partial charge in [-0.15, -0.1) is 0 Å². The molecule has 4 aromatic rings. The molecular formula is C32H45N3. The molecule has 0 fully saturated rings. The molecule has 2 aromatic heterocycles. The molecule has 3 heteroatoms. The molecule has 2 aromatic carbocycles. The Labute approximate surface area is 212 Å². The van der Waals surface area contributed by atoms with Crippen molar-refractivity contribution in [1.82, 2.24) is 14.4 Å². The lowest BCUT2D eigenvalue weighted by Crippen LogP contribution is -2.25. The summed E-state index contributed by atoms with van der Waals surface area (Å²) in [7, 11) is 0. The van der Waals surface area contributed by atoms with Crippen molar-refractivity contribution < 1.29 is 0 Å². The normalized spacial score (nSPS) is 22.1. The lowest BCUT2D eigenvalue weighted by molar-refractivity contribution is 0.328. The molecule has 0 N–H and O–H groups in total. The number of benzene rings is 2. The average molecular weight is 472 g/mol. The number of imidazole rings is 1. The van der Waals surface area contributed by atoms with Crippen LogP contribution in [0, 0.1) is 0 Å². The van der Waals surface area contributed by atoms with E-state index < -0.39 is 0 Å². The second-order valence-corrected chi connectivity index (χ2v) is 12.0. The minimum atomic E-state index is -0.0799. The van der Waals surface area contributed by atoms with Gasteiger partial charge >= 0.3 is 0 Å². The summed E-state index contributed by atoms with van der Waals surface area (Å²) in [5.41, 5.74) is 9.22. The molecule has 1 aliphatic carbocycles. The van der Waals surface area contributed by atoms with Gasteiger partial charge in [-0.25, -0.2) is 9.97 Å². The van der Waals surface area contributed by atoms with Gasteiger partial charge in [-0.2, -0.15) is 0 Å². The molecule has 3 bridgehead atoms. The quantitative estimate of drug-likeness (QED) is 0.277. The van der Waals surface area contributed by atoms with Crippen molar-refractivity contribution >= 4 is 27.6 Å². The van der Waals surface area contributed by atoms with Gasteiger partial charge in [0.05, 0.1) is 16.6 Å². The van der Waals surface area contributed by atoms with E-state index in [1.54, 1.807) is 0 Å². The molecule has 1 aliphatic heterocycles. The SMILES string of the molecule is CC.CC.CCC1CC2(C)CC(C)(C)c3cc4c(cc32)nc2c3c1cccc3nc(C(C)(C)C)n42. The van der Waals surface area contributed by atoms with Crippen LogP contribution in [0.2, 0.25) is 0 Å². The van der Waals surface area contributed by atoms with Gasteiger partial charge in [-0.3, -0.25) is 4.40 Å². The van der Waals surface area contributed by atoms with Crippen molar-refractivity contribution in [3.63, 3.8) is 0 Å². The summed E-state index contributed by atoms with van der Waals surface area (Å²) in [5, 5.41) is 1.26. The van der Waals surface area contributed by atoms with E-state index in [-0.39, 0.29) is 16.2 Å². The molecule has 0 amide bonds. The molecular weight excluding hydrogens is 426 g/mol. The minimum Gasteiger partial charge on any atom is -0.279 e. The predicted molar refractivity (Wildman–Crippen MR) is 152 cm³/mol. The standard InChI is InChI=1S/C28H33N3.2C2H6/c1-8-16-14-28(7)15-27(5,6)18-13-22-21(12-19(18)28)29-24-23-17(16)10-9-11-20(23)30-25(31(22)24)26(2,3)4;2*1-2/h9-13,16H,8,14-15H2,1-7H3;2*1-2H3. The van der Waals surface area contributed by atoms with Crippen LogP contribution in [0.5, 0.6) is 0 Å². The van der Waals surface area contributed by atoms with Gasteiger partial charge in [0.25, 0.3) is 0 Å². The highest BCUT2D eigenvalue weighted by atomic mass is 15.1. The summed E-state index contributed by atoms with van der Waals surface area (Å²) in [6.45, 7) is 24.5. The lowest BCUT2D eigenvalue weighted by atomic mass is 9.72. The van der Waals surface area contributed by atoms with E-state index in [9.17, 15) is 0 Å². The Morgan fingerprint density at radius 2 is 1.63 bits per heavy atom. The summed E-state index contributed by atoms with van der Waals surface area (Å²) < 4.78 is 2.38. The fourth-order valence-corrected chi connectivity index (χ4v) is 6.83. The van der Waals surface area contributed by atoms with E-state index >= 15 is 0 Å². The van der Waals surface area contributed by atoms with E-state index in [4.69, 9.17) is 9.97 Å². The Balaban J connectivity index is 0.000000689. The third-order valence-corrected chi connectivity index (χ3v) is 8.04. The van der Waals surface area contributed by atoms with Gasteiger partial charge in [-0.05, 0) is 70.9 Å². The van der Waals surface area contributed by atoms with Crippen molar-refractivity contribution in [2.24, 2.45) is 0 Å². The number of hydrogen-bond donors (Lipinski definition) is 0. The lowest BCUT2D eigenvalue weighted by Gasteiger charge is -2.32. The molecule has 0 saturated carbocycles. The van der Waals surface area contributed by atoms with E-state index in [2.05, 4.69) is 83.2 Å². The molecule has 2 atom stereocenters. The highest BCUT2D eigenvalue weighted by Gasteiger charge is 2.46. The average Bonchev–Trinajstić information content (AvgIpc) is 3.29. The van der Waals surface area contributed by atoms with E-state index in [1.807, 2.05) is 27.7 Å². The molecule has 3 heterocycles.